The minimum atomic E-state index is -0.303. The smallest absolute Gasteiger partial charge is 0.146 e. The van der Waals surface area contributed by atoms with Gasteiger partial charge in [0.15, 0.2) is 0 Å². The van der Waals surface area contributed by atoms with Crippen molar-refractivity contribution in [1.82, 2.24) is 9.55 Å². The van der Waals surface area contributed by atoms with Gasteiger partial charge in [-0.3, -0.25) is 0 Å². The second-order valence-electron chi connectivity index (χ2n) is 6.18. The quantitative estimate of drug-likeness (QED) is 0.506. The average Bonchev–Trinajstić information content (AvgIpc) is 3.07. The highest BCUT2D eigenvalue weighted by Gasteiger charge is 2.18. The standard InChI is InChI=1S/C22H19FN2O2/c1-26-16-12-10-15(11-13-16)14-25-19-8-5-9-20(27-2)21(19)24-22(25)17-6-3-4-7-18(17)23/h3-13H,14H2,1-2H3. The second-order valence-corrected chi connectivity index (χ2v) is 6.18. The predicted octanol–water partition coefficient (Wildman–Crippen LogP) is 4.91. The van der Waals surface area contributed by atoms with E-state index < -0.39 is 0 Å². The van der Waals surface area contributed by atoms with Crippen LogP contribution in [-0.2, 0) is 6.54 Å². The first-order valence-corrected chi connectivity index (χ1v) is 8.62. The number of aromatic nitrogens is 2. The third kappa shape index (κ3) is 3.12. The van der Waals surface area contributed by atoms with E-state index >= 15 is 0 Å². The molecule has 4 rings (SSSR count). The van der Waals surface area contributed by atoms with Crippen molar-refractivity contribution in [2.24, 2.45) is 0 Å². The lowest BCUT2D eigenvalue weighted by atomic mass is 10.1. The SMILES string of the molecule is COc1ccc(Cn2c(-c3ccccc3F)nc3c(OC)cccc32)cc1. The molecule has 0 aliphatic heterocycles. The van der Waals surface area contributed by atoms with E-state index in [-0.39, 0.29) is 5.82 Å². The molecular formula is C22H19FN2O2. The molecule has 4 nitrogen and oxygen atoms in total. The number of hydrogen-bond donors (Lipinski definition) is 0. The first kappa shape index (κ1) is 17.1. The lowest BCUT2D eigenvalue weighted by Crippen LogP contribution is -2.03. The van der Waals surface area contributed by atoms with Gasteiger partial charge >= 0.3 is 0 Å². The molecule has 0 radical (unpaired) electrons. The Kier molecular flexibility index (Phi) is 4.50. The molecule has 1 aromatic heterocycles. The number of para-hydroxylation sites is 1. The summed E-state index contributed by atoms with van der Waals surface area (Å²) in [5.41, 5.74) is 3.13. The molecule has 0 spiro atoms. The topological polar surface area (TPSA) is 36.3 Å². The molecular weight excluding hydrogens is 343 g/mol. The summed E-state index contributed by atoms with van der Waals surface area (Å²) in [7, 11) is 3.25. The average molecular weight is 362 g/mol. The van der Waals surface area contributed by atoms with Gasteiger partial charge in [-0.05, 0) is 42.0 Å². The van der Waals surface area contributed by atoms with Crippen LogP contribution in [0, 0.1) is 5.82 Å². The summed E-state index contributed by atoms with van der Waals surface area (Å²) >= 11 is 0. The number of rotatable bonds is 5. The van der Waals surface area contributed by atoms with Crippen molar-refractivity contribution in [2.75, 3.05) is 14.2 Å². The monoisotopic (exact) mass is 362 g/mol. The van der Waals surface area contributed by atoms with E-state index in [1.807, 2.05) is 53.1 Å². The minimum Gasteiger partial charge on any atom is -0.497 e. The molecule has 136 valence electrons. The number of imidazole rings is 1. The van der Waals surface area contributed by atoms with Crippen LogP contribution in [0.1, 0.15) is 5.56 Å². The van der Waals surface area contributed by atoms with Crippen molar-refractivity contribution in [2.45, 2.75) is 6.54 Å². The van der Waals surface area contributed by atoms with Crippen molar-refractivity contribution >= 4 is 11.0 Å². The molecule has 0 N–H and O–H groups in total. The Morgan fingerprint density at radius 1 is 0.889 bits per heavy atom. The van der Waals surface area contributed by atoms with E-state index in [0.29, 0.717) is 29.2 Å². The van der Waals surface area contributed by atoms with Crippen LogP contribution in [0.15, 0.2) is 66.7 Å². The van der Waals surface area contributed by atoms with Gasteiger partial charge in [-0.15, -0.1) is 0 Å². The highest BCUT2D eigenvalue weighted by molar-refractivity contribution is 5.86. The first-order chi connectivity index (χ1) is 13.2. The third-order valence-corrected chi connectivity index (χ3v) is 4.58. The van der Waals surface area contributed by atoms with Crippen molar-refractivity contribution < 1.29 is 13.9 Å². The largest absolute Gasteiger partial charge is 0.497 e. The van der Waals surface area contributed by atoms with Crippen LogP contribution in [-0.4, -0.2) is 23.8 Å². The molecule has 3 aromatic carbocycles. The Morgan fingerprint density at radius 3 is 2.37 bits per heavy atom. The first-order valence-electron chi connectivity index (χ1n) is 8.62. The summed E-state index contributed by atoms with van der Waals surface area (Å²) in [5.74, 6) is 1.73. The molecule has 0 bridgehead atoms. The fourth-order valence-electron chi connectivity index (χ4n) is 3.21. The normalized spacial score (nSPS) is 10.9. The van der Waals surface area contributed by atoms with Gasteiger partial charge in [-0.2, -0.15) is 0 Å². The van der Waals surface area contributed by atoms with E-state index in [1.54, 1.807) is 26.4 Å². The Balaban J connectivity index is 1.90. The lowest BCUT2D eigenvalue weighted by molar-refractivity contribution is 0.414. The maximum atomic E-state index is 14.5. The molecule has 0 unspecified atom stereocenters. The molecule has 1 heterocycles. The van der Waals surface area contributed by atoms with Gasteiger partial charge in [0.05, 0.1) is 25.3 Å². The van der Waals surface area contributed by atoms with Crippen LogP contribution >= 0.6 is 0 Å². The van der Waals surface area contributed by atoms with Crippen molar-refractivity contribution in [3.63, 3.8) is 0 Å². The number of nitrogens with zero attached hydrogens (tertiary/aromatic N) is 2. The minimum absolute atomic E-state index is 0.303. The van der Waals surface area contributed by atoms with Crippen molar-refractivity contribution in [3.8, 4) is 22.9 Å². The van der Waals surface area contributed by atoms with Crippen molar-refractivity contribution in [1.29, 1.82) is 0 Å². The van der Waals surface area contributed by atoms with E-state index in [2.05, 4.69) is 0 Å². The zero-order valence-electron chi connectivity index (χ0n) is 15.1. The summed E-state index contributed by atoms with van der Waals surface area (Å²) in [6, 6.07) is 20.2. The van der Waals surface area contributed by atoms with Gasteiger partial charge in [-0.1, -0.05) is 30.3 Å². The van der Waals surface area contributed by atoms with Gasteiger partial charge in [-0.25, -0.2) is 9.37 Å². The number of hydrogen-bond acceptors (Lipinski definition) is 3. The van der Waals surface area contributed by atoms with Crippen LogP contribution in [0.5, 0.6) is 11.5 Å². The lowest BCUT2D eigenvalue weighted by Gasteiger charge is -2.11. The highest BCUT2D eigenvalue weighted by Crippen LogP contribution is 2.32. The molecule has 0 amide bonds. The number of fused-ring (bicyclic) bond motifs is 1. The Bertz CT molecular complexity index is 1090. The van der Waals surface area contributed by atoms with Crippen LogP contribution in [0.25, 0.3) is 22.4 Å². The summed E-state index contributed by atoms with van der Waals surface area (Å²) in [6.45, 7) is 0.553. The highest BCUT2D eigenvalue weighted by atomic mass is 19.1. The summed E-state index contributed by atoms with van der Waals surface area (Å²) in [6.07, 6.45) is 0. The predicted molar refractivity (Wildman–Crippen MR) is 104 cm³/mol. The van der Waals surface area contributed by atoms with Gasteiger partial charge in [0, 0.05) is 6.54 Å². The molecule has 0 aliphatic rings. The molecule has 0 fully saturated rings. The van der Waals surface area contributed by atoms with E-state index in [9.17, 15) is 4.39 Å². The van der Waals surface area contributed by atoms with Crippen LogP contribution < -0.4 is 9.47 Å². The van der Waals surface area contributed by atoms with E-state index in [1.165, 1.54) is 6.07 Å². The van der Waals surface area contributed by atoms with Gasteiger partial charge in [0.1, 0.15) is 28.7 Å². The number of halogens is 1. The summed E-state index contributed by atoms with van der Waals surface area (Å²) in [5, 5.41) is 0. The third-order valence-electron chi connectivity index (χ3n) is 4.58. The fourth-order valence-corrected chi connectivity index (χ4v) is 3.21. The zero-order valence-corrected chi connectivity index (χ0v) is 15.1. The van der Waals surface area contributed by atoms with Crippen LogP contribution in [0.3, 0.4) is 0 Å². The number of ether oxygens (including phenoxy) is 2. The van der Waals surface area contributed by atoms with E-state index in [0.717, 1.165) is 16.8 Å². The fraction of sp³-hybridized carbons (Fsp3) is 0.136. The van der Waals surface area contributed by atoms with Crippen LogP contribution in [0.2, 0.25) is 0 Å². The van der Waals surface area contributed by atoms with Gasteiger partial charge in [0.25, 0.3) is 0 Å². The molecule has 27 heavy (non-hydrogen) atoms. The molecule has 5 heteroatoms. The second kappa shape index (κ2) is 7.11. The molecule has 0 saturated heterocycles. The number of methoxy groups -OCH3 is 2. The van der Waals surface area contributed by atoms with Crippen LogP contribution in [0.4, 0.5) is 4.39 Å². The Morgan fingerprint density at radius 2 is 1.67 bits per heavy atom. The summed E-state index contributed by atoms with van der Waals surface area (Å²) in [4.78, 5) is 4.72. The van der Waals surface area contributed by atoms with Gasteiger partial charge in [0.2, 0.25) is 0 Å². The molecule has 4 aromatic rings. The zero-order chi connectivity index (χ0) is 18.8. The molecule has 0 atom stereocenters. The summed E-state index contributed by atoms with van der Waals surface area (Å²) < 4.78 is 27.2. The van der Waals surface area contributed by atoms with Crippen molar-refractivity contribution in [3.05, 3.63) is 78.1 Å². The molecule has 0 aliphatic carbocycles. The maximum Gasteiger partial charge on any atom is 0.146 e. The maximum absolute atomic E-state index is 14.5. The molecule has 0 saturated carbocycles. The Hall–Kier alpha value is -3.34. The Labute approximate surface area is 156 Å². The van der Waals surface area contributed by atoms with Gasteiger partial charge < -0.3 is 14.0 Å². The van der Waals surface area contributed by atoms with E-state index in [4.69, 9.17) is 14.5 Å². The number of benzene rings is 3.